The molecule has 0 amide bonds. The SMILES string of the molecule is CCC(CC)N(CCO)CC(O)c1ccc(N)cc1. The minimum atomic E-state index is -0.548. The second-order valence-electron chi connectivity index (χ2n) is 4.87. The minimum absolute atomic E-state index is 0.116. The molecule has 0 aromatic heterocycles. The largest absolute Gasteiger partial charge is 0.399 e. The molecule has 0 aliphatic heterocycles. The van der Waals surface area contributed by atoms with E-state index in [0.29, 0.717) is 24.8 Å². The lowest BCUT2D eigenvalue weighted by molar-refractivity contribution is 0.0698. The number of aliphatic hydroxyl groups excluding tert-OH is 2. The van der Waals surface area contributed by atoms with E-state index in [1.165, 1.54) is 0 Å². The maximum absolute atomic E-state index is 10.3. The molecular formula is C15H26N2O2. The Hall–Kier alpha value is -1.10. The van der Waals surface area contributed by atoms with Gasteiger partial charge >= 0.3 is 0 Å². The number of hydrogen-bond donors (Lipinski definition) is 3. The maximum Gasteiger partial charge on any atom is 0.0917 e. The van der Waals surface area contributed by atoms with Crippen LogP contribution < -0.4 is 5.73 Å². The minimum Gasteiger partial charge on any atom is -0.399 e. The molecule has 19 heavy (non-hydrogen) atoms. The molecule has 1 atom stereocenters. The summed E-state index contributed by atoms with van der Waals surface area (Å²) in [5.41, 5.74) is 7.20. The second kappa shape index (κ2) is 8.15. The molecule has 0 aliphatic carbocycles. The van der Waals surface area contributed by atoms with Gasteiger partial charge in [-0.1, -0.05) is 26.0 Å². The van der Waals surface area contributed by atoms with Crippen LogP contribution in [-0.2, 0) is 0 Å². The molecule has 1 aromatic carbocycles. The van der Waals surface area contributed by atoms with Crippen LogP contribution in [-0.4, -0.2) is 40.9 Å². The van der Waals surface area contributed by atoms with E-state index in [0.717, 1.165) is 18.4 Å². The van der Waals surface area contributed by atoms with E-state index in [9.17, 15) is 5.11 Å². The third-order valence-electron chi connectivity index (χ3n) is 3.57. The van der Waals surface area contributed by atoms with Gasteiger partial charge in [-0.3, -0.25) is 4.90 Å². The van der Waals surface area contributed by atoms with Crippen LogP contribution in [0.4, 0.5) is 5.69 Å². The van der Waals surface area contributed by atoms with Gasteiger partial charge in [-0.15, -0.1) is 0 Å². The first-order valence-electron chi connectivity index (χ1n) is 7.00. The van der Waals surface area contributed by atoms with E-state index < -0.39 is 6.10 Å². The summed E-state index contributed by atoms with van der Waals surface area (Å²) in [7, 11) is 0. The first-order chi connectivity index (χ1) is 9.12. The Bertz CT molecular complexity index is 350. The van der Waals surface area contributed by atoms with Crippen LogP contribution in [0.2, 0.25) is 0 Å². The van der Waals surface area contributed by atoms with Crippen molar-refractivity contribution in [2.45, 2.75) is 38.8 Å². The average Bonchev–Trinajstić information content (AvgIpc) is 2.41. The predicted molar refractivity (Wildman–Crippen MR) is 78.8 cm³/mol. The highest BCUT2D eigenvalue weighted by Gasteiger charge is 2.19. The fraction of sp³-hybridized carbons (Fsp3) is 0.600. The molecule has 4 heteroatoms. The van der Waals surface area contributed by atoms with Crippen LogP contribution in [0.25, 0.3) is 0 Å². The number of anilines is 1. The van der Waals surface area contributed by atoms with Crippen molar-refractivity contribution in [1.29, 1.82) is 0 Å². The van der Waals surface area contributed by atoms with Crippen molar-refractivity contribution in [3.05, 3.63) is 29.8 Å². The number of nitrogen functional groups attached to an aromatic ring is 1. The molecule has 0 spiro atoms. The van der Waals surface area contributed by atoms with Crippen molar-refractivity contribution in [2.75, 3.05) is 25.4 Å². The summed E-state index contributed by atoms with van der Waals surface area (Å²) >= 11 is 0. The van der Waals surface area contributed by atoms with Crippen LogP contribution in [0, 0.1) is 0 Å². The Morgan fingerprint density at radius 1 is 1.16 bits per heavy atom. The Balaban J connectivity index is 2.69. The van der Waals surface area contributed by atoms with Crippen molar-refractivity contribution in [3.8, 4) is 0 Å². The first-order valence-corrected chi connectivity index (χ1v) is 7.00. The number of hydrogen-bond acceptors (Lipinski definition) is 4. The highest BCUT2D eigenvalue weighted by atomic mass is 16.3. The van der Waals surface area contributed by atoms with Crippen molar-refractivity contribution in [2.24, 2.45) is 0 Å². The molecule has 0 saturated carbocycles. The Morgan fingerprint density at radius 3 is 2.21 bits per heavy atom. The van der Waals surface area contributed by atoms with E-state index in [1.54, 1.807) is 12.1 Å². The van der Waals surface area contributed by atoms with Crippen molar-refractivity contribution >= 4 is 5.69 Å². The third-order valence-corrected chi connectivity index (χ3v) is 3.57. The Kier molecular flexibility index (Phi) is 6.84. The molecule has 1 rings (SSSR count). The van der Waals surface area contributed by atoms with Crippen LogP contribution in [0.5, 0.6) is 0 Å². The van der Waals surface area contributed by atoms with E-state index >= 15 is 0 Å². The van der Waals surface area contributed by atoms with Crippen molar-refractivity contribution < 1.29 is 10.2 Å². The van der Waals surface area contributed by atoms with Crippen LogP contribution in [0.15, 0.2) is 24.3 Å². The van der Waals surface area contributed by atoms with Gasteiger partial charge in [0.1, 0.15) is 0 Å². The molecule has 1 aromatic rings. The molecule has 0 aliphatic rings. The number of aliphatic hydroxyl groups is 2. The molecule has 0 bridgehead atoms. The monoisotopic (exact) mass is 266 g/mol. The van der Waals surface area contributed by atoms with Gasteiger partial charge in [-0.05, 0) is 30.5 Å². The number of rotatable bonds is 8. The third kappa shape index (κ3) is 4.82. The molecule has 0 radical (unpaired) electrons. The van der Waals surface area contributed by atoms with E-state index in [1.807, 2.05) is 12.1 Å². The first kappa shape index (κ1) is 16.0. The smallest absolute Gasteiger partial charge is 0.0917 e. The highest BCUT2D eigenvalue weighted by molar-refractivity contribution is 5.39. The summed E-state index contributed by atoms with van der Waals surface area (Å²) < 4.78 is 0. The van der Waals surface area contributed by atoms with Gasteiger partial charge < -0.3 is 15.9 Å². The fourth-order valence-corrected chi connectivity index (χ4v) is 2.40. The Labute approximate surface area is 115 Å². The highest BCUT2D eigenvalue weighted by Crippen LogP contribution is 2.18. The molecule has 4 nitrogen and oxygen atoms in total. The van der Waals surface area contributed by atoms with Gasteiger partial charge in [0, 0.05) is 24.8 Å². The number of nitrogens with zero attached hydrogens (tertiary/aromatic N) is 1. The number of nitrogens with two attached hydrogens (primary N) is 1. The average molecular weight is 266 g/mol. The topological polar surface area (TPSA) is 69.7 Å². The Morgan fingerprint density at radius 2 is 1.74 bits per heavy atom. The summed E-state index contributed by atoms with van der Waals surface area (Å²) in [6.45, 7) is 5.52. The molecule has 0 saturated heterocycles. The fourth-order valence-electron chi connectivity index (χ4n) is 2.40. The summed E-state index contributed by atoms with van der Waals surface area (Å²) in [6, 6.07) is 7.70. The normalized spacial score (nSPS) is 13.2. The second-order valence-corrected chi connectivity index (χ2v) is 4.87. The van der Waals surface area contributed by atoms with Crippen LogP contribution >= 0.6 is 0 Å². The lowest BCUT2D eigenvalue weighted by atomic mass is 10.1. The molecule has 0 heterocycles. The van der Waals surface area contributed by atoms with Gasteiger partial charge in [0.05, 0.1) is 12.7 Å². The molecular weight excluding hydrogens is 240 g/mol. The standard InChI is InChI=1S/C15H26N2O2/c1-3-14(4-2)17(9-10-18)11-15(19)12-5-7-13(16)8-6-12/h5-8,14-15,18-19H,3-4,9-11,16H2,1-2H3. The van der Waals surface area contributed by atoms with Gasteiger partial charge in [0.25, 0.3) is 0 Å². The molecule has 4 N–H and O–H groups in total. The summed E-state index contributed by atoms with van der Waals surface area (Å²) in [5.74, 6) is 0. The maximum atomic E-state index is 10.3. The van der Waals surface area contributed by atoms with Gasteiger partial charge in [0.15, 0.2) is 0 Å². The van der Waals surface area contributed by atoms with Crippen LogP contribution in [0.3, 0.4) is 0 Å². The van der Waals surface area contributed by atoms with Gasteiger partial charge in [-0.2, -0.15) is 0 Å². The lowest BCUT2D eigenvalue weighted by Gasteiger charge is -2.31. The molecule has 0 fully saturated rings. The van der Waals surface area contributed by atoms with Gasteiger partial charge in [-0.25, -0.2) is 0 Å². The number of benzene rings is 1. The zero-order chi connectivity index (χ0) is 14.3. The van der Waals surface area contributed by atoms with Crippen molar-refractivity contribution in [3.63, 3.8) is 0 Å². The van der Waals surface area contributed by atoms with E-state index in [2.05, 4.69) is 18.7 Å². The van der Waals surface area contributed by atoms with Crippen LogP contribution in [0.1, 0.15) is 38.4 Å². The zero-order valence-corrected chi connectivity index (χ0v) is 11.9. The van der Waals surface area contributed by atoms with Gasteiger partial charge in [0.2, 0.25) is 0 Å². The summed E-state index contributed by atoms with van der Waals surface area (Å²) in [6.07, 6.45) is 1.49. The van der Waals surface area contributed by atoms with E-state index in [4.69, 9.17) is 10.8 Å². The zero-order valence-electron chi connectivity index (χ0n) is 11.9. The lowest BCUT2D eigenvalue weighted by Crippen LogP contribution is -2.39. The molecule has 108 valence electrons. The van der Waals surface area contributed by atoms with E-state index in [-0.39, 0.29) is 6.61 Å². The summed E-state index contributed by atoms with van der Waals surface area (Å²) in [5, 5.41) is 19.4. The summed E-state index contributed by atoms with van der Waals surface area (Å²) in [4.78, 5) is 2.15. The predicted octanol–water partition coefficient (Wildman–Crippen LogP) is 1.79. The van der Waals surface area contributed by atoms with Crippen molar-refractivity contribution in [1.82, 2.24) is 4.90 Å². The molecule has 1 unspecified atom stereocenters. The quantitative estimate of drug-likeness (QED) is 0.627.